The zero-order valence-corrected chi connectivity index (χ0v) is 20.3. The van der Waals surface area contributed by atoms with E-state index in [0.29, 0.717) is 36.7 Å². The molecule has 0 spiro atoms. The average molecular weight is 476 g/mol. The van der Waals surface area contributed by atoms with Crippen LogP contribution < -0.4 is 5.32 Å². The van der Waals surface area contributed by atoms with Crippen molar-refractivity contribution >= 4 is 11.8 Å². The number of likely N-dealkylation sites (tertiary alicyclic amines) is 1. The third-order valence-corrected chi connectivity index (χ3v) is 7.68. The van der Waals surface area contributed by atoms with Crippen LogP contribution in [-0.4, -0.2) is 42.0 Å². The molecule has 2 aromatic carbocycles. The zero-order valence-electron chi connectivity index (χ0n) is 20.3. The molecular formula is C28H30FN3O3. The van der Waals surface area contributed by atoms with Gasteiger partial charge in [-0.05, 0) is 68.9 Å². The topological polar surface area (TPSA) is 82.4 Å². The van der Waals surface area contributed by atoms with E-state index in [1.807, 2.05) is 32.9 Å². The van der Waals surface area contributed by atoms with Crippen molar-refractivity contribution in [2.75, 3.05) is 13.2 Å². The van der Waals surface area contributed by atoms with Gasteiger partial charge in [0.05, 0.1) is 30.7 Å². The number of rotatable bonds is 6. The molecule has 7 heteroatoms. The predicted molar refractivity (Wildman–Crippen MR) is 128 cm³/mol. The molecule has 0 unspecified atom stereocenters. The molecule has 1 aliphatic carbocycles. The largest absolute Gasteiger partial charge is 0.381 e. The molecule has 3 aliphatic rings. The van der Waals surface area contributed by atoms with Gasteiger partial charge in [-0.15, -0.1) is 0 Å². The van der Waals surface area contributed by atoms with E-state index in [0.717, 1.165) is 17.5 Å². The van der Waals surface area contributed by atoms with E-state index < -0.39 is 17.5 Å². The van der Waals surface area contributed by atoms with E-state index in [1.54, 1.807) is 29.2 Å². The van der Waals surface area contributed by atoms with E-state index in [1.165, 1.54) is 6.07 Å². The number of amides is 2. The van der Waals surface area contributed by atoms with Gasteiger partial charge in [-0.1, -0.05) is 24.3 Å². The highest BCUT2D eigenvalue weighted by Crippen LogP contribution is 2.48. The Morgan fingerprint density at radius 1 is 1.20 bits per heavy atom. The summed E-state index contributed by atoms with van der Waals surface area (Å²) in [5, 5.41) is 12.6. The molecule has 0 aromatic heterocycles. The fourth-order valence-electron chi connectivity index (χ4n) is 5.27. The highest BCUT2D eigenvalue weighted by Gasteiger charge is 2.56. The van der Waals surface area contributed by atoms with Crippen molar-refractivity contribution in [3.63, 3.8) is 0 Å². The number of hydrogen-bond donors (Lipinski definition) is 1. The summed E-state index contributed by atoms with van der Waals surface area (Å²) in [6.07, 6.45) is 1.50. The summed E-state index contributed by atoms with van der Waals surface area (Å²) >= 11 is 0. The standard InChI is InChI=1S/C28H30FN3O3/c1-16-7-8-21(22(29)9-16)25(19-13-35-14-19)31-26(33)24-12-18-11-23(18)32(24)27(34)17-5-4-6-20(10-17)28(2,3)15-30/h4-10,18-19,23-25H,11-14H2,1-3H3,(H,31,33)/t18-,23-,24-,25-/m1/s1. The van der Waals surface area contributed by atoms with Crippen molar-refractivity contribution in [2.24, 2.45) is 11.8 Å². The van der Waals surface area contributed by atoms with Crippen molar-refractivity contribution in [3.05, 3.63) is 70.5 Å². The van der Waals surface area contributed by atoms with Crippen molar-refractivity contribution < 1.29 is 18.7 Å². The van der Waals surface area contributed by atoms with Crippen LogP contribution in [0.4, 0.5) is 4.39 Å². The lowest BCUT2D eigenvalue weighted by Gasteiger charge is -2.36. The minimum atomic E-state index is -0.726. The average Bonchev–Trinajstić information content (AvgIpc) is 3.46. The van der Waals surface area contributed by atoms with Gasteiger partial charge >= 0.3 is 0 Å². The Balaban J connectivity index is 1.39. The first-order valence-corrected chi connectivity index (χ1v) is 12.2. The number of carbonyl (C=O) groups is 2. The summed E-state index contributed by atoms with van der Waals surface area (Å²) in [7, 11) is 0. The maximum Gasteiger partial charge on any atom is 0.254 e. The molecule has 182 valence electrons. The molecule has 2 aromatic rings. The van der Waals surface area contributed by atoms with Crippen LogP contribution in [-0.2, 0) is 14.9 Å². The van der Waals surface area contributed by atoms with E-state index in [2.05, 4.69) is 11.4 Å². The van der Waals surface area contributed by atoms with E-state index in [9.17, 15) is 19.2 Å². The Morgan fingerprint density at radius 2 is 1.97 bits per heavy atom. The lowest BCUT2D eigenvalue weighted by Crippen LogP contribution is -2.51. The lowest BCUT2D eigenvalue weighted by atomic mass is 9.85. The van der Waals surface area contributed by atoms with E-state index in [4.69, 9.17) is 4.74 Å². The lowest BCUT2D eigenvalue weighted by molar-refractivity contribution is -0.128. The van der Waals surface area contributed by atoms with Gasteiger partial charge in [0.25, 0.3) is 5.91 Å². The first-order chi connectivity index (χ1) is 16.7. The van der Waals surface area contributed by atoms with Gasteiger partial charge in [-0.2, -0.15) is 5.26 Å². The monoisotopic (exact) mass is 475 g/mol. The molecule has 0 bridgehead atoms. The number of benzene rings is 2. The van der Waals surface area contributed by atoms with Crippen molar-refractivity contribution in [3.8, 4) is 6.07 Å². The summed E-state index contributed by atoms with van der Waals surface area (Å²) in [6, 6.07) is 13.4. The van der Waals surface area contributed by atoms with Gasteiger partial charge < -0.3 is 15.0 Å². The third-order valence-electron chi connectivity index (χ3n) is 7.68. The van der Waals surface area contributed by atoms with Crippen LogP contribution in [0.5, 0.6) is 0 Å². The fraction of sp³-hybridized carbons (Fsp3) is 0.464. The van der Waals surface area contributed by atoms with Crippen LogP contribution in [0.2, 0.25) is 0 Å². The fourth-order valence-corrected chi connectivity index (χ4v) is 5.27. The second-order valence-electron chi connectivity index (χ2n) is 10.7. The normalized spacial score (nSPS) is 24.2. The molecule has 4 atom stereocenters. The third kappa shape index (κ3) is 4.32. The Kier molecular flexibility index (Phi) is 5.88. The number of hydrogen-bond acceptors (Lipinski definition) is 4. The van der Waals surface area contributed by atoms with Gasteiger partial charge in [0.1, 0.15) is 11.9 Å². The Hall–Kier alpha value is -3.24. The molecule has 2 heterocycles. The molecule has 35 heavy (non-hydrogen) atoms. The molecule has 2 aliphatic heterocycles. The van der Waals surface area contributed by atoms with Crippen molar-refractivity contribution in [1.82, 2.24) is 10.2 Å². The molecule has 5 rings (SSSR count). The number of piperidine rings is 1. The van der Waals surface area contributed by atoms with Gasteiger partial charge in [0, 0.05) is 23.1 Å². The van der Waals surface area contributed by atoms with E-state index >= 15 is 0 Å². The SMILES string of the molecule is Cc1ccc([C@H](NC(=O)[C@H]2C[C@H]3C[C@H]3N2C(=O)c2cccc(C(C)(C)C#N)c2)C2COC2)c(F)c1. The number of nitrogens with zero attached hydrogens (tertiary/aromatic N) is 2. The highest BCUT2D eigenvalue weighted by molar-refractivity contribution is 5.99. The molecule has 6 nitrogen and oxygen atoms in total. The van der Waals surface area contributed by atoms with Crippen LogP contribution in [0, 0.1) is 35.9 Å². The smallest absolute Gasteiger partial charge is 0.254 e. The number of fused-ring (bicyclic) bond motifs is 1. The maximum absolute atomic E-state index is 14.8. The number of halogens is 1. The zero-order chi connectivity index (χ0) is 24.9. The quantitative estimate of drug-likeness (QED) is 0.684. The first kappa shape index (κ1) is 23.5. The number of nitriles is 1. The molecule has 1 saturated carbocycles. The molecule has 2 saturated heterocycles. The molecule has 0 radical (unpaired) electrons. The van der Waals surface area contributed by atoms with Gasteiger partial charge in [0.2, 0.25) is 5.91 Å². The molecule has 1 N–H and O–H groups in total. The maximum atomic E-state index is 14.8. The second kappa shape index (κ2) is 8.76. The van der Waals surface area contributed by atoms with Gasteiger partial charge in [-0.25, -0.2) is 4.39 Å². The van der Waals surface area contributed by atoms with Crippen LogP contribution in [0.3, 0.4) is 0 Å². The van der Waals surface area contributed by atoms with Crippen molar-refractivity contribution in [2.45, 2.75) is 57.2 Å². The summed E-state index contributed by atoms with van der Waals surface area (Å²) in [6.45, 7) is 6.37. The predicted octanol–water partition coefficient (Wildman–Crippen LogP) is 4.04. The molecular weight excluding hydrogens is 445 g/mol. The Morgan fingerprint density at radius 3 is 2.63 bits per heavy atom. The summed E-state index contributed by atoms with van der Waals surface area (Å²) < 4.78 is 20.2. The van der Waals surface area contributed by atoms with Crippen LogP contribution >= 0.6 is 0 Å². The van der Waals surface area contributed by atoms with Crippen LogP contribution in [0.1, 0.15) is 59.8 Å². The first-order valence-electron chi connectivity index (χ1n) is 12.2. The number of ether oxygens (including phenoxy) is 1. The number of nitrogens with one attached hydrogen (secondary N) is 1. The Bertz CT molecular complexity index is 1220. The van der Waals surface area contributed by atoms with Crippen LogP contribution in [0.15, 0.2) is 42.5 Å². The van der Waals surface area contributed by atoms with Gasteiger partial charge in [-0.3, -0.25) is 9.59 Å². The van der Waals surface area contributed by atoms with Crippen LogP contribution in [0.25, 0.3) is 0 Å². The van der Waals surface area contributed by atoms with Gasteiger partial charge in [0.15, 0.2) is 0 Å². The molecule has 2 amide bonds. The highest BCUT2D eigenvalue weighted by atomic mass is 19.1. The summed E-state index contributed by atoms with van der Waals surface area (Å²) in [5.41, 5.74) is 1.78. The second-order valence-corrected chi connectivity index (χ2v) is 10.7. The Labute approximate surface area is 205 Å². The minimum absolute atomic E-state index is 0.0128. The van der Waals surface area contributed by atoms with Crippen molar-refractivity contribution in [1.29, 1.82) is 5.26 Å². The number of aryl methyl sites for hydroxylation is 1. The minimum Gasteiger partial charge on any atom is -0.381 e. The van der Waals surface area contributed by atoms with E-state index in [-0.39, 0.29) is 29.6 Å². The molecule has 3 fully saturated rings. The summed E-state index contributed by atoms with van der Waals surface area (Å²) in [5.74, 6) is -0.496. The number of carbonyl (C=O) groups excluding carboxylic acids is 2. The summed E-state index contributed by atoms with van der Waals surface area (Å²) in [4.78, 5) is 28.8.